The first kappa shape index (κ1) is 28.1. The van der Waals surface area contributed by atoms with E-state index < -0.39 is 39.9 Å². The van der Waals surface area contributed by atoms with Crippen LogP contribution in [0, 0.1) is 5.82 Å². The van der Waals surface area contributed by atoms with Crippen LogP contribution in [0.3, 0.4) is 0 Å². The van der Waals surface area contributed by atoms with E-state index in [2.05, 4.69) is 5.32 Å². The zero-order valence-corrected chi connectivity index (χ0v) is 21.9. The molecule has 8 nitrogen and oxygen atoms in total. The van der Waals surface area contributed by atoms with E-state index in [0.29, 0.717) is 17.7 Å². The fourth-order valence-electron chi connectivity index (χ4n) is 3.58. The standard InChI is InChI=1S/C25H34FN3O5S/c1-7-22(24(31)27-25(2,3)4)28(16-18-10-8-13-21(14-18)34-5)23(30)17-29(35(6,32)33)20-12-9-11-19(26)15-20/h8-15,22H,7,16-17H2,1-6H3,(H,27,31). The van der Waals surface area contributed by atoms with Gasteiger partial charge in [-0.15, -0.1) is 0 Å². The molecule has 0 bridgehead atoms. The SMILES string of the molecule is CCC(C(=O)NC(C)(C)C)N(Cc1cccc(OC)c1)C(=O)CN(c1cccc(F)c1)S(C)(=O)=O. The molecule has 2 amide bonds. The van der Waals surface area contributed by atoms with E-state index in [1.54, 1.807) is 31.2 Å². The van der Waals surface area contributed by atoms with Crippen molar-refractivity contribution in [1.82, 2.24) is 10.2 Å². The van der Waals surface area contributed by atoms with Gasteiger partial charge in [0.25, 0.3) is 0 Å². The van der Waals surface area contributed by atoms with Crippen molar-refractivity contribution in [3.63, 3.8) is 0 Å². The molecule has 2 aromatic carbocycles. The Labute approximate surface area is 207 Å². The number of ether oxygens (including phenoxy) is 1. The Kier molecular flexibility index (Phi) is 9.25. The number of hydrogen-bond acceptors (Lipinski definition) is 5. The highest BCUT2D eigenvalue weighted by molar-refractivity contribution is 7.92. The van der Waals surface area contributed by atoms with Gasteiger partial charge in [0.2, 0.25) is 21.8 Å². The molecule has 2 aromatic rings. The second kappa shape index (κ2) is 11.5. The molecule has 0 fully saturated rings. The molecule has 0 spiro atoms. The maximum Gasteiger partial charge on any atom is 0.244 e. The highest BCUT2D eigenvalue weighted by atomic mass is 32.2. The molecule has 0 saturated heterocycles. The zero-order chi connectivity index (χ0) is 26.4. The largest absolute Gasteiger partial charge is 0.497 e. The molecule has 10 heteroatoms. The van der Waals surface area contributed by atoms with Gasteiger partial charge in [-0.05, 0) is 63.1 Å². The predicted molar refractivity (Wildman–Crippen MR) is 134 cm³/mol. The second-order valence-electron chi connectivity index (χ2n) is 9.29. The van der Waals surface area contributed by atoms with E-state index in [4.69, 9.17) is 4.74 Å². The molecule has 1 atom stereocenters. The molecular weight excluding hydrogens is 473 g/mol. The number of hydrogen-bond donors (Lipinski definition) is 1. The maximum absolute atomic E-state index is 13.8. The summed E-state index contributed by atoms with van der Waals surface area (Å²) in [6.45, 7) is 6.74. The molecule has 0 heterocycles. The third kappa shape index (κ3) is 8.24. The van der Waals surface area contributed by atoms with Crippen LogP contribution in [0.4, 0.5) is 10.1 Å². The van der Waals surface area contributed by atoms with E-state index in [1.807, 2.05) is 20.8 Å². The van der Waals surface area contributed by atoms with Crippen LogP contribution >= 0.6 is 0 Å². The van der Waals surface area contributed by atoms with Crippen molar-refractivity contribution < 1.29 is 27.1 Å². The lowest BCUT2D eigenvalue weighted by Gasteiger charge is -2.34. The van der Waals surface area contributed by atoms with Crippen molar-refractivity contribution >= 4 is 27.5 Å². The van der Waals surface area contributed by atoms with E-state index in [9.17, 15) is 22.4 Å². The molecule has 0 aliphatic rings. The number of carbonyl (C=O) groups excluding carboxylic acids is 2. The number of halogens is 1. The molecule has 0 saturated carbocycles. The van der Waals surface area contributed by atoms with Gasteiger partial charge >= 0.3 is 0 Å². The van der Waals surface area contributed by atoms with Crippen LogP contribution in [0.15, 0.2) is 48.5 Å². The van der Waals surface area contributed by atoms with Crippen molar-refractivity contribution in [3.8, 4) is 5.75 Å². The fourth-order valence-corrected chi connectivity index (χ4v) is 4.43. The van der Waals surface area contributed by atoms with Gasteiger partial charge in [-0.25, -0.2) is 12.8 Å². The summed E-state index contributed by atoms with van der Waals surface area (Å²) in [6, 6.07) is 11.2. The van der Waals surface area contributed by atoms with E-state index in [-0.39, 0.29) is 18.1 Å². The van der Waals surface area contributed by atoms with Crippen LogP contribution in [-0.4, -0.2) is 56.6 Å². The van der Waals surface area contributed by atoms with Crippen molar-refractivity contribution in [2.24, 2.45) is 0 Å². The Morgan fingerprint density at radius 1 is 1.11 bits per heavy atom. The molecule has 0 aliphatic heterocycles. The quantitative estimate of drug-likeness (QED) is 0.532. The first-order valence-electron chi connectivity index (χ1n) is 11.2. The molecule has 1 N–H and O–H groups in total. The van der Waals surface area contributed by atoms with Gasteiger partial charge < -0.3 is 15.0 Å². The molecule has 2 rings (SSSR count). The first-order chi connectivity index (χ1) is 16.2. The van der Waals surface area contributed by atoms with Crippen molar-refractivity contribution in [3.05, 3.63) is 59.9 Å². The lowest BCUT2D eigenvalue weighted by Crippen LogP contribution is -2.55. The minimum absolute atomic E-state index is 0.0226. The van der Waals surface area contributed by atoms with E-state index >= 15 is 0 Å². The van der Waals surface area contributed by atoms with Crippen LogP contribution in [0.25, 0.3) is 0 Å². The maximum atomic E-state index is 13.8. The smallest absolute Gasteiger partial charge is 0.244 e. The summed E-state index contributed by atoms with van der Waals surface area (Å²) in [5.74, 6) is -1.00. The number of carbonyl (C=O) groups is 2. The van der Waals surface area contributed by atoms with Gasteiger partial charge in [0.1, 0.15) is 24.2 Å². The number of nitrogens with zero attached hydrogens (tertiary/aromatic N) is 2. The monoisotopic (exact) mass is 507 g/mol. The molecule has 192 valence electrons. The summed E-state index contributed by atoms with van der Waals surface area (Å²) in [4.78, 5) is 28.1. The molecule has 0 aromatic heterocycles. The van der Waals surface area contributed by atoms with Gasteiger partial charge in [0, 0.05) is 12.1 Å². The van der Waals surface area contributed by atoms with Crippen LogP contribution in [-0.2, 0) is 26.2 Å². The summed E-state index contributed by atoms with van der Waals surface area (Å²) >= 11 is 0. The highest BCUT2D eigenvalue weighted by Gasteiger charge is 2.33. The van der Waals surface area contributed by atoms with Gasteiger partial charge in [0.05, 0.1) is 19.1 Å². The van der Waals surface area contributed by atoms with Crippen molar-refractivity contribution in [2.75, 3.05) is 24.2 Å². The molecule has 0 radical (unpaired) electrons. The van der Waals surface area contributed by atoms with Crippen LogP contribution < -0.4 is 14.4 Å². The number of methoxy groups -OCH3 is 1. The summed E-state index contributed by atoms with van der Waals surface area (Å²) in [7, 11) is -2.41. The summed E-state index contributed by atoms with van der Waals surface area (Å²) in [6.07, 6.45) is 1.25. The number of benzene rings is 2. The Morgan fingerprint density at radius 3 is 2.31 bits per heavy atom. The average Bonchev–Trinajstić information content (AvgIpc) is 2.75. The Bertz CT molecular complexity index is 1150. The number of sulfonamides is 1. The zero-order valence-electron chi connectivity index (χ0n) is 21.0. The fraction of sp³-hybridized carbons (Fsp3) is 0.440. The summed E-state index contributed by atoms with van der Waals surface area (Å²) in [5, 5.41) is 2.90. The third-order valence-electron chi connectivity index (χ3n) is 5.15. The minimum Gasteiger partial charge on any atom is -0.497 e. The van der Waals surface area contributed by atoms with E-state index in [0.717, 1.165) is 16.6 Å². The van der Waals surface area contributed by atoms with Crippen molar-refractivity contribution in [1.29, 1.82) is 0 Å². The van der Waals surface area contributed by atoms with Crippen LogP contribution in [0.5, 0.6) is 5.75 Å². The topological polar surface area (TPSA) is 96.0 Å². The van der Waals surface area contributed by atoms with Gasteiger partial charge in [-0.1, -0.05) is 25.1 Å². The third-order valence-corrected chi connectivity index (χ3v) is 6.29. The lowest BCUT2D eigenvalue weighted by molar-refractivity contribution is -0.141. The lowest BCUT2D eigenvalue weighted by atomic mass is 10.1. The first-order valence-corrected chi connectivity index (χ1v) is 13.1. The highest BCUT2D eigenvalue weighted by Crippen LogP contribution is 2.22. The second-order valence-corrected chi connectivity index (χ2v) is 11.2. The van der Waals surface area contributed by atoms with Gasteiger partial charge in [0.15, 0.2) is 0 Å². The molecule has 35 heavy (non-hydrogen) atoms. The predicted octanol–water partition coefficient (Wildman–Crippen LogP) is 3.32. The Hall–Kier alpha value is -3.14. The minimum atomic E-state index is -3.93. The molecule has 1 unspecified atom stereocenters. The number of nitrogens with one attached hydrogen (secondary N) is 1. The Balaban J connectivity index is 2.48. The van der Waals surface area contributed by atoms with Crippen LogP contribution in [0.1, 0.15) is 39.7 Å². The van der Waals surface area contributed by atoms with Gasteiger partial charge in [-0.2, -0.15) is 0 Å². The van der Waals surface area contributed by atoms with Crippen molar-refractivity contribution in [2.45, 2.75) is 52.2 Å². The number of rotatable bonds is 10. The van der Waals surface area contributed by atoms with Gasteiger partial charge in [-0.3, -0.25) is 13.9 Å². The molecule has 0 aliphatic carbocycles. The summed E-state index contributed by atoms with van der Waals surface area (Å²) < 4.78 is 45.0. The normalized spacial score (nSPS) is 12.5. The Morgan fingerprint density at radius 2 is 1.77 bits per heavy atom. The van der Waals surface area contributed by atoms with Crippen LogP contribution in [0.2, 0.25) is 0 Å². The van der Waals surface area contributed by atoms with E-state index in [1.165, 1.54) is 30.2 Å². The molecular formula is C25H34FN3O5S. The average molecular weight is 508 g/mol. The number of amides is 2. The number of anilines is 1. The summed E-state index contributed by atoms with van der Waals surface area (Å²) in [5.41, 5.74) is 0.195.